The van der Waals surface area contributed by atoms with Gasteiger partial charge in [-0.25, -0.2) is 0 Å². The Balaban J connectivity index is 2.02. The molecule has 1 fully saturated rings. The van der Waals surface area contributed by atoms with Crippen LogP contribution in [0.25, 0.3) is 0 Å². The minimum absolute atomic E-state index is 0.202. The minimum Gasteiger partial charge on any atom is -0.312 e. The van der Waals surface area contributed by atoms with Crippen molar-refractivity contribution in [1.29, 1.82) is 0 Å². The molecule has 1 heterocycles. The quantitative estimate of drug-likeness (QED) is 0.785. The van der Waals surface area contributed by atoms with Gasteiger partial charge < -0.3 is 9.88 Å². The normalized spacial score (nSPS) is 16.3. The lowest BCUT2D eigenvalue weighted by Crippen LogP contribution is -2.28. The first-order chi connectivity index (χ1) is 8.83. The van der Waals surface area contributed by atoms with Gasteiger partial charge in [-0.3, -0.25) is 4.79 Å². The Morgan fingerprint density at radius 1 is 1.39 bits per heavy atom. The monoisotopic (exact) mass is 248 g/mol. The van der Waals surface area contributed by atoms with E-state index < -0.39 is 0 Å². The standard InChI is InChI=1S/C15H24N2O/c1-2-3-10-16-12-13-7-6-11-17(15(13)18)14-8-4-5-9-14/h6-7,11,14,16H,2-5,8-10,12H2,1H3. The van der Waals surface area contributed by atoms with E-state index in [0.29, 0.717) is 12.6 Å². The second-order valence-electron chi connectivity index (χ2n) is 5.21. The van der Waals surface area contributed by atoms with E-state index in [2.05, 4.69) is 12.2 Å². The summed E-state index contributed by atoms with van der Waals surface area (Å²) in [5.74, 6) is 0. The zero-order valence-electron chi connectivity index (χ0n) is 11.3. The van der Waals surface area contributed by atoms with Gasteiger partial charge in [0.1, 0.15) is 0 Å². The predicted molar refractivity (Wildman–Crippen MR) is 74.8 cm³/mol. The van der Waals surface area contributed by atoms with Crippen molar-refractivity contribution in [3.05, 3.63) is 34.2 Å². The average molecular weight is 248 g/mol. The molecule has 0 saturated heterocycles. The molecule has 18 heavy (non-hydrogen) atoms. The Morgan fingerprint density at radius 2 is 2.17 bits per heavy atom. The van der Waals surface area contributed by atoms with Gasteiger partial charge in [0.2, 0.25) is 0 Å². The SMILES string of the molecule is CCCCNCc1cccn(C2CCCC2)c1=O. The van der Waals surface area contributed by atoms with Crippen molar-refractivity contribution in [2.24, 2.45) is 0 Å². The fourth-order valence-corrected chi connectivity index (χ4v) is 2.69. The number of hydrogen-bond acceptors (Lipinski definition) is 2. The van der Waals surface area contributed by atoms with Crippen LogP contribution < -0.4 is 10.9 Å². The lowest BCUT2D eigenvalue weighted by molar-refractivity contribution is 0.496. The molecule has 3 heteroatoms. The van der Waals surface area contributed by atoms with Gasteiger partial charge in [0.05, 0.1) is 0 Å². The summed E-state index contributed by atoms with van der Waals surface area (Å²) in [6.45, 7) is 3.87. The summed E-state index contributed by atoms with van der Waals surface area (Å²) < 4.78 is 1.95. The van der Waals surface area contributed by atoms with E-state index in [1.165, 1.54) is 25.7 Å². The van der Waals surface area contributed by atoms with Gasteiger partial charge in [-0.15, -0.1) is 0 Å². The molecule has 0 amide bonds. The molecule has 1 aromatic heterocycles. The molecule has 0 aliphatic heterocycles. The first kappa shape index (κ1) is 13.3. The maximum absolute atomic E-state index is 12.3. The van der Waals surface area contributed by atoms with Crippen LogP contribution in [0.4, 0.5) is 0 Å². The minimum atomic E-state index is 0.202. The molecule has 1 aliphatic carbocycles. The van der Waals surface area contributed by atoms with E-state index in [0.717, 1.165) is 24.9 Å². The molecule has 0 aromatic carbocycles. The molecule has 100 valence electrons. The maximum atomic E-state index is 12.3. The summed E-state index contributed by atoms with van der Waals surface area (Å²) in [4.78, 5) is 12.3. The van der Waals surface area contributed by atoms with Crippen LogP contribution in [0.5, 0.6) is 0 Å². The van der Waals surface area contributed by atoms with Crippen LogP contribution >= 0.6 is 0 Å². The van der Waals surface area contributed by atoms with Crippen molar-refractivity contribution in [2.75, 3.05) is 6.54 Å². The van der Waals surface area contributed by atoms with Crippen LogP contribution in [-0.4, -0.2) is 11.1 Å². The van der Waals surface area contributed by atoms with Gasteiger partial charge in [0.25, 0.3) is 5.56 Å². The summed E-state index contributed by atoms with van der Waals surface area (Å²) in [6, 6.07) is 4.40. The molecule has 0 spiro atoms. The highest BCUT2D eigenvalue weighted by Gasteiger charge is 2.18. The Morgan fingerprint density at radius 3 is 2.89 bits per heavy atom. The number of nitrogens with one attached hydrogen (secondary N) is 1. The molecular weight excluding hydrogens is 224 g/mol. The third-order valence-electron chi connectivity index (χ3n) is 3.79. The van der Waals surface area contributed by atoms with Gasteiger partial charge in [0.15, 0.2) is 0 Å². The second-order valence-corrected chi connectivity index (χ2v) is 5.21. The van der Waals surface area contributed by atoms with Crippen LogP contribution in [0.2, 0.25) is 0 Å². The molecule has 3 nitrogen and oxygen atoms in total. The van der Waals surface area contributed by atoms with E-state index in [4.69, 9.17) is 0 Å². The molecule has 0 unspecified atom stereocenters. The molecule has 1 aliphatic rings. The summed E-state index contributed by atoms with van der Waals surface area (Å²) in [5, 5.41) is 3.35. The first-order valence-corrected chi connectivity index (χ1v) is 7.23. The molecule has 0 radical (unpaired) electrons. The summed E-state index contributed by atoms with van der Waals surface area (Å²) >= 11 is 0. The smallest absolute Gasteiger partial charge is 0.255 e. The zero-order chi connectivity index (χ0) is 12.8. The van der Waals surface area contributed by atoms with Gasteiger partial charge in [-0.2, -0.15) is 0 Å². The molecule has 2 rings (SSSR count). The zero-order valence-corrected chi connectivity index (χ0v) is 11.3. The Kier molecular flexibility index (Phi) is 5.00. The van der Waals surface area contributed by atoms with E-state index >= 15 is 0 Å². The lowest BCUT2D eigenvalue weighted by atomic mass is 10.2. The van der Waals surface area contributed by atoms with Crippen molar-refractivity contribution < 1.29 is 0 Å². The third-order valence-corrected chi connectivity index (χ3v) is 3.79. The van der Waals surface area contributed by atoms with Crippen LogP contribution in [0.1, 0.15) is 57.1 Å². The molecule has 0 bridgehead atoms. The first-order valence-electron chi connectivity index (χ1n) is 7.23. The molecule has 1 saturated carbocycles. The summed E-state index contributed by atoms with van der Waals surface area (Å²) in [5.41, 5.74) is 1.11. The van der Waals surface area contributed by atoms with E-state index in [9.17, 15) is 4.79 Å². The van der Waals surface area contributed by atoms with E-state index in [1.807, 2.05) is 22.9 Å². The molecule has 0 atom stereocenters. The number of hydrogen-bond donors (Lipinski definition) is 1. The van der Waals surface area contributed by atoms with Crippen LogP contribution in [0.3, 0.4) is 0 Å². The Hall–Kier alpha value is -1.09. The van der Waals surface area contributed by atoms with Crippen LogP contribution in [-0.2, 0) is 6.54 Å². The lowest BCUT2D eigenvalue weighted by Gasteiger charge is -2.14. The number of pyridine rings is 1. The topological polar surface area (TPSA) is 34.0 Å². The van der Waals surface area contributed by atoms with Gasteiger partial charge >= 0.3 is 0 Å². The maximum Gasteiger partial charge on any atom is 0.255 e. The fraction of sp³-hybridized carbons (Fsp3) is 0.667. The molecular formula is C15H24N2O. The van der Waals surface area contributed by atoms with Gasteiger partial charge in [0, 0.05) is 24.3 Å². The third kappa shape index (κ3) is 3.22. The van der Waals surface area contributed by atoms with Gasteiger partial charge in [-0.1, -0.05) is 32.3 Å². The van der Waals surface area contributed by atoms with Crippen molar-refractivity contribution in [3.8, 4) is 0 Å². The second kappa shape index (κ2) is 6.74. The Labute approximate surface area is 109 Å². The van der Waals surface area contributed by atoms with Crippen molar-refractivity contribution in [3.63, 3.8) is 0 Å². The fourth-order valence-electron chi connectivity index (χ4n) is 2.69. The highest BCUT2D eigenvalue weighted by Crippen LogP contribution is 2.27. The molecule has 1 aromatic rings. The van der Waals surface area contributed by atoms with Crippen LogP contribution in [0, 0.1) is 0 Å². The number of aromatic nitrogens is 1. The van der Waals surface area contributed by atoms with Crippen molar-refractivity contribution in [1.82, 2.24) is 9.88 Å². The van der Waals surface area contributed by atoms with E-state index in [-0.39, 0.29) is 5.56 Å². The highest BCUT2D eigenvalue weighted by molar-refractivity contribution is 5.11. The molecule has 1 N–H and O–H groups in total. The number of rotatable bonds is 6. The number of unbranched alkanes of at least 4 members (excludes halogenated alkanes) is 1. The predicted octanol–water partition coefficient (Wildman–Crippen LogP) is 2.85. The van der Waals surface area contributed by atoms with E-state index in [1.54, 1.807) is 0 Å². The Bertz CT molecular complexity index is 419. The summed E-state index contributed by atoms with van der Waals surface area (Å²) in [6.07, 6.45) is 9.15. The highest BCUT2D eigenvalue weighted by atomic mass is 16.1. The van der Waals surface area contributed by atoms with Gasteiger partial charge in [-0.05, 0) is 31.9 Å². The van der Waals surface area contributed by atoms with Crippen molar-refractivity contribution >= 4 is 0 Å². The summed E-state index contributed by atoms with van der Waals surface area (Å²) in [7, 11) is 0. The average Bonchev–Trinajstić information content (AvgIpc) is 2.90. The largest absolute Gasteiger partial charge is 0.312 e. The van der Waals surface area contributed by atoms with Crippen LogP contribution in [0.15, 0.2) is 23.1 Å². The number of nitrogens with zero attached hydrogens (tertiary/aromatic N) is 1. The van der Waals surface area contributed by atoms with Crippen molar-refractivity contribution in [2.45, 2.75) is 58.0 Å².